The van der Waals surface area contributed by atoms with Gasteiger partial charge in [0, 0.05) is 14.1 Å². The Bertz CT molecular complexity index is 914. The number of allylic oxidation sites excluding steroid dienone is 2. The summed E-state index contributed by atoms with van der Waals surface area (Å²) < 4.78 is 5.08. The Morgan fingerprint density at radius 2 is 1.75 bits per heavy atom. The average molecular weight is 439 g/mol. The van der Waals surface area contributed by atoms with Crippen molar-refractivity contribution in [3.8, 4) is 0 Å². The Kier molecular flexibility index (Phi) is 10.6. The number of carbonyl (C=O) groups is 1. The normalized spacial score (nSPS) is 14.3. The van der Waals surface area contributed by atoms with Gasteiger partial charge in [0.2, 0.25) is 0 Å². The Hall–Kier alpha value is -3.51. The maximum absolute atomic E-state index is 12.2. The molecule has 0 bridgehead atoms. The third-order valence-electron chi connectivity index (χ3n) is 4.71. The standard InChI is InChI=1S/C20H20N4O2.C4H10.C2H4.2H2/c25-20(22-17-12-26-13-17)15-7-4-8-16(11-15)21-19-10-9-18(23-24-19)14-5-2-1-3-6-14;1-3-4-2;1-2;;/h1-11,17,21,23-24H,12-13H2,(H,22,25);3-4H2,1-2H3;1-2H2;2*1H. The van der Waals surface area contributed by atoms with E-state index in [4.69, 9.17) is 4.74 Å². The van der Waals surface area contributed by atoms with Crippen LogP contribution in [0.25, 0.3) is 5.70 Å². The predicted molar refractivity (Wildman–Crippen MR) is 137 cm³/mol. The molecule has 4 N–H and O–H groups in total. The van der Waals surface area contributed by atoms with Crippen molar-refractivity contribution in [3.63, 3.8) is 0 Å². The smallest absolute Gasteiger partial charge is 0.251 e. The zero-order valence-electron chi connectivity index (χ0n) is 19.0. The number of ether oxygens (including phenoxy) is 1. The summed E-state index contributed by atoms with van der Waals surface area (Å²) in [6.45, 7) is 11.5. The highest BCUT2D eigenvalue weighted by molar-refractivity contribution is 5.95. The van der Waals surface area contributed by atoms with Crippen molar-refractivity contribution >= 4 is 17.3 Å². The zero-order chi connectivity index (χ0) is 23.2. The van der Waals surface area contributed by atoms with Crippen molar-refractivity contribution in [2.24, 2.45) is 0 Å². The number of amides is 1. The third kappa shape index (κ3) is 7.63. The number of carbonyl (C=O) groups excluding carboxylic acids is 1. The van der Waals surface area contributed by atoms with Gasteiger partial charge >= 0.3 is 0 Å². The van der Waals surface area contributed by atoms with Gasteiger partial charge < -0.3 is 15.4 Å². The van der Waals surface area contributed by atoms with E-state index in [0.29, 0.717) is 18.8 Å². The molecule has 0 atom stereocenters. The fourth-order valence-electron chi connectivity index (χ4n) is 2.73. The van der Waals surface area contributed by atoms with Crippen LogP contribution in [0.1, 0.15) is 45.5 Å². The van der Waals surface area contributed by atoms with E-state index in [9.17, 15) is 4.79 Å². The van der Waals surface area contributed by atoms with Crippen LogP contribution < -0.4 is 21.5 Å². The van der Waals surface area contributed by atoms with Crippen LogP contribution in [0.5, 0.6) is 0 Å². The van der Waals surface area contributed by atoms with Crippen molar-refractivity contribution in [2.75, 3.05) is 18.5 Å². The molecule has 0 aliphatic carbocycles. The molecule has 174 valence electrons. The van der Waals surface area contributed by atoms with Crippen molar-refractivity contribution < 1.29 is 12.4 Å². The molecule has 2 heterocycles. The maximum Gasteiger partial charge on any atom is 0.251 e. The van der Waals surface area contributed by atoms with E-state index in [-0.39, 0.29) is 14.8 Å². The van der Waals surface area contributed by atoms with Gasteiger partial charge in [-0.3, -0.25) is 15.6 Å². The molecular formula is C26H38N4O2. The van der Waals surface area contributed by atoms with Crippen LogP contribution in [0.2, 0.25) is 0 Å². The summed E-state index contributed by atoms with van der Waals surface area (Å²) >= 11 is 0. The molecule has 0 saturated carbocycles. The number of hydrazine groups is 1. The number of benzene rings is 2. The number of hydrogen-bond acceptors (Lipinski definition) is 5. The summed E-state index contributed by atoms with van der Waals surface area (Å²) in [5.41, 5.74) is 9.85. The summed E-state index contributed by atoms with van der Waals surface area (Å²) in [4.78, 5) is 12.2. The first-order valence-electron chi connectivity index (χ1n) is 10.9. The summed E-state index contributed by atoms with van der Waals surface area (Å²) in [6, 6.07) is 17.6. The van der Waals surface area contributed by atoms with Crippen LogP contribution in [0, 0.1) is 0 Å². The Labute approximate surface area is 194 Å². The molecular weight excluding hydrogens is 400 g/mol. The second-order valence-corrected chi connectivity index (χ2v) is 7.19. The summed E-state index contributed by atoms with van der Waals surface area (Å²) in [5.74, 6) is 0.714. The lowest BCUT2D eigenvalue weighted by Crippen LogP contribution is -2.48. The minimum atomic E-state index is -0.0862. The summed E-state index contributed by atoms with van der Waals surface area (Å²) in [7, 11) is 0. The van der Waals surface area contributed by atoms with Crippen LogP contribution in [0.15, 0.2) is 85.7 Å². The lowest BCUT2D eigenvalue weighted by molar-refractivity contribution is -0.00346. The van der Waals surface area contributed by atoms with Crippen LogP contribution in [0.3, 0.4) is 0 Å². The third-order valence-corrected chi connectivity index (χ3v) is 4.71. The number of rotatable bonds is 6. The fraction of sp³-hybridized carbons (Fsp3) is 0.269. The van der Waals surface area contributed by atoms with E-state index in [0.717, 1.165) is 22.8 Å². The van der Waals surface area contributed by atoms with Gasteiger partial charge in [-0.2, -0.15) is 0 Å². The molecule has 1 saturated heterocycles. The van der Waals surface area contributed by atoms with Crippen molar-refractivity contribution in [2.45, 2.75) is 32.7 Å². The molecule has 2 aromatic rings. The van der Waals surface area contributed by atoms with Gasteiger partial charge in [0.05, 0.1) is 25.0 Å². The van der Waals surface area contributed by atoms with Crippen LogP contribution in [-0.4, -0.2) is 25.2 Å². The van der Waals surface area contributed by atoms with Crippen LogP contribution in [0.4, 0.5) is 5.69 Å². The minimum Gasteiger partial charge on any atom is -0.377 e. The highest BCUT2D eigenvalue weighted by Crippen LogP contribution is 2.16. The molecule has 6 nitrogen and oxygen atoms in total. The number of nitrogens with one attached hydrogen (secondary N) is 4. The second-order valence-electron chi connectivity index (χ2n) is 7.19. The van der Waals surface area contributed by atoms with Gasteiger partial charge in [-0.1, -0.05) is 63.1 Å². The molecule has 32 heavy (non-hydrogen) atoms. The second kappa shape index (κ2) is 13.7. The number of anilines is 1. The molecule has 0 unspecified atom stereocenters. The molecule has 4 rings (SSSR count). The molecule has 2 aliphatic rings. The lowest BCUT2D eigenvalue weighted by Gasteiger charge is -2.26. The summed E-state index contributed by atoms with van der Waals surface area (Å²) in [5, 5.41) is 6.21. The number of unbranched alkanes of at least 4 members (excludes halogenated alkanes) is 1. The largest absolute Gasteiger partial charge is 0.377 e. The van der Waals surface area contributed by atoms with Crippen molar-refractivity contribution in [3.05, 3.63) is 96.9 Å². The SMILES string of the molecule is C=C.CCCC.O=C(NC1COC1)c1cccc(NC2=CC=C(c3ccccc3)NN2)c1.[HH].[HH]. The predicted octanol–water partition coefficient (Wildman–Crippen LogP) is 5.32. The first-order valence-corrected chi connectivity index (χ1v) is 10.9. The van der Waals surface area contributed by atoms with E-state index >= 15 is 0 Å². The molecule has 1 fully saturated rings. The molecule has 0 radical (unpaired) electrons. The topological polar surface area (TPSA) is 74.4 Å². The van der Waals surface area contributed by atoms with Gasteiger partial charge in [0.25, 0.3) is 5.91 Å². The number of hydrogen-bond donors (Lipinski definition) is 4. The lowest BCUT2D eigenvalue weighted by atomic mass is 10.1. The van der Waals surface area contributed by atoms with Crippen LogP contribution >= 0.6 is 0 Å². The highest BCUT2D eigenvalue weighted by atomic mass is 16.5. The minimum absolute atomic E-state index is 0. The zero-order valence-corrected chi connectivity index (χ0v) is 19.0. The molecule has 6 heteroatoms. The molecule has 0 aromatic heterocycles. The van der Waals surface area contributed by atoms with E-state index in [1.165, 1.54) is 12.8 Å². The van der Waals surface area contributed by atoms with Gasteiger partial charge in [-0.05, 0) is 35.9 Å². The van der Waals surface area contributed by atoms with E-state index in [2.05, 4.69) is 48.5 Å². The Balaban J connectivity index is 0.00000124. The highest BCUT2D eigenvalue weighted by Gasteiger charge is 2.21. The fourth-order valence-corrected chi connectivity index (χ4v) is 2.73. The molecule has 2 aromatic carbocycles. The maximum atomic E-state index is 12.2. The first-order chi connectivity index (χ1) is 15.7. The van der Waals surface area contributed by atoms with E-state index in [1.54, 1.807) is 6.07 Å². The van der Waals surface area contributed by atoms with Gasteiger partial charge in [0.15, 0.2) is 0 Å². The van der Waals surface area contributed by atoms with Crippen molar-refractivity contribution in [1.29, 1.82) is 0 Å². The van der Waals surface area contributed by atoms with Crippen LogP contribution in [-0.2, 0) is 4.74 Å². The monoisotopic (exact) mass is 438 g/mol. The van der Waals surface area contributed by atoms with E-state index < -0.39 is 0 Å². The summed E-state index contributed by atoms with van der Waals surface area (Å²) in [6.07, 6.45) is 6.60. The molecule has 1 amide bonds. The van der Waals surface area contributed by atoms with Gasteiger partial charge in [-0.15, -0.1) is 13.2 Å². The average Bonchev–Trinajstić information content (AvgIpc) is 2.84. The Morgan fingerprint density at radius 3 is 2.31 bits per heavy atom. The van der Waals surface area contributed by atoms with Crippen molar-refractivity contribution in [1.82, 2.24) is 16.2 Å². The van der Waals surface area contributed by atoms with Gasteiger partial charge in [-0.25, -0.2) is 0 Å². The Morgan fingerprint density at radius 1 is 1.03 bits per heavy atom. The van der Waals surface area contributed by atoms with E-state index in [1.807, 2.05) is 60.7 Å². The molecule has 0 spiro atoms. The molecule has 2 aliphatic heterocycles. The first kappa shape index (κ1) is 24.8. The van der Waals surface area contributed by atoms with Gasteiger partial charge in [0.1, 0.15) is 5.82 Å². The quantitative estimate of drug-likeness (QED) is 0.460.